The van der Waals surface area contributed by atoms with Crippen LogP contribution in [0.3, 0.4) is 0 Å². The molecule has 1 saturated heterocycles. The number of nitrogens with zero attached hydrogens (tertiary/aromatic N) is 2. The number of aliphatic hydroxyl groups is 1. The molecular weight excluding hydrogens is 277 g/mol. The Labute approximate surface area is 112 Å². The van der Waals surface area contributed by atoms with Crippen LogP contribution in [0.2, 0.25) is 0 Å². The minimum absolute atomic E-state index is 0.221. The smallest absolute Gasteiger partial charge is 0.386 e. The van der Waals surface area contributed by atoms with Crippen molar-refractivity contribution in [3.05, 3.63) is 33.9 Å². The van der Waals surface area contributed by atoms with Gasteiger partial charge in [0.15, 0.2) is 0 Å². The zero-order chi connectivity index (χ0) is 15.1. The third-order valence-corrected chi connectivity index (χ3v) is 3.48. The molecule has 0 aliphatic carbocycles. The topological polar surface area (TPSA) is 66.6 Å². The molecule has 0 aromatic heterocycles. The summed E-state index contributed by atoms with van der Waals surface area (Å²) >= 11 is 0. The molecule has 1 fully saturated rings. The molecule has 1 aromatic carbocycles. The molecule has 1 aliphatic rings. The predicted molar refractivity (Wildman–Crippen MR) is 65.6 cm³/mol. The number of nitro benzene ring substituents is 1. The van der Waals surface area contributed by atoms with E-state index in [0.717, 1.165) is 12.1 Å². The van der Waals surface area contributed by atoms with Crippen LogP contribution in [0.15, 0.2) is 18.2 Å². The van der Waals surface area contributed by atoms with Gasteiger partial charge in [0.1, 0.15) is 5.56 Å². The SMILES string of the molecule is CCC1(O)CN(c2ccc([N+](=O)[O-])c(C(F)(F)F)c2)C1. The Kier molecular flexibility index (Phi) is 3.37. The highest BCUT2D eigenvalue weighted by atomic mass is 19.4. The van der Waals surface area contributed by atoms with E-state index in [-0.39, 0.29) is 18.8 Å². The van der Waals surface area contributed by atoms with E-state index in [1.807, 2.05) is 0 Å². The lowest BCUT2D eigenvalue weighted by Crippen LogP contribution is -2.61. The average Bonchev–Trinajstić information content (AvgIpc) is 2.33. The number of anilines is 1. The number of benzene rings is 1. The van der Waals surface area contributed by atoms with Gasteiger partial charge in [0.25, 0.3) is 5.69 Å². The number of nitro groups is 1. The fourth-order valence-corrected chi connectivity index (χ4v) is 2.18. The van der Waals surface area contributed by atoms with Crippen molar-refractivity contribution >= 4 is 11.4 Å². The van der Waals surface area contributed by atoms with E-state index in [1.165, 1.54) is 6.07 Å². The third kappa shape index (κ3) is 2.55. The second kappa shape index (κ2) is 4.62. The molecule has 5 nitrogen and oxygen atoms in total. The molecule has 1 N–H and O–H groups in total. The van der Waals surface area contributed by atoms with Crippen LogP contribution in [-0.2, 0) is 6.18 Å². The first-order chi connectivity index (χ1) is 9.16. The molecule has 110 valence electrons. The van der Waals surface area contributed by atoms with Crippen molar-refractivity contribution in [2.24, 2.45) is 0 Å². The van der Waals surface area contributed by atoms with Crippen LogP contribution in [0.5, 0.6) is 0 Å². The van der Waals surface area contributed by atoms with Crippen molar-refractivity contribution in [3.63, 3.8) is 0 Å². The van der Waals surface area contributed by atoms with Crippen LogP contribution in [0.25, 0.3) is 0 Å². The first kappa shape index (κ1) is 14.6. The third-order valence-electron chi connectivity index (χ3n) is 3.48. The van der Waals surface area contributed by atoms with Crippen molar-refractivity contribution in [3.8, 4) is 0 Å². The summed E-state index contributed by atoms with van der Waals surface area (Å²) in [4.78, 5) is 11.1. The molecule has 1 heterocycles. The highest BCUT2D eigenvalue weighted by molar-refractivity contribution is 5.58. The quantitative estimate of drug-likeness (QED) is 0.686. The Morgan fingerprint density at radius 1 is 1.45 bits per heavy atom. The summed E-state index contributed by atoms with van der Waals surface area (Å²) in [5.74, 6) is 0. The summed E-state index contributed by atoms with van der Waals surface area (Å²) in [5.41, 5.74) is -2.90. The molecule has 0 amide bonds. The standard InChI is InChI=1S/C12H13F3N2O3/c1-2-11(18)6-16(7-11)8-3-4-10(17(19)20)9(5-8)12(13,14)15/h3-5,18H,2,6-7H2,1H3. The second-order valence-electron chi connectivity index (χ2n) is 4.89. The number of hydrogen-bond donors (Lipinski definition) is 1. The van der Waals surface area contributed by atoms with E-state index in [1.54, 1.807) is 11.8 Å². The maximum absolute atomic E-state index is 12.8. The van der Waals surface area contributed by atoms with Crippen LogP contribution in [0.1, 0.15) is 18.9 Å². The Balaban J connectivity index is 2.32. The summed E-state index contributed by atoms with van der Waals surface area (Å²) < 4.78 is 38.5. The van der Waals surface area contributed by atoms with Crippen LogP contribution in [-0.4, -0.2) is 28.7 Å². The lowest BCUT2D eigenvalue weighted by atomic mass is 9.90. The van der Waals surface area contributed by atoms with Gasteiger partial charge in [0.2, 0.25) is 0 Å². The molecule has 0 saturated carbocycles. The van der Waals surface area contributed by atoms with Gasteiger partial charge in [-0.15, -0.1) is 0 Å². The highest BCUT2D eigenvalue weighted by Crippen LogP contribution is 2.40. The number of β-amino-alcohol motifs (C(OH)–C–C–N with tert-alkyl or cyclic N) is 1. The molecule has 8 heteroatoms. The largest absolute Gasteiger partial charge is 0.423 e. The van der Waals surface area contributed by atoms with Crippen LogP contribution < -0.4 is 4.90 Å². The summed E-state index contributed by atoms with van der Waals surface area (Å²) in [6.07, 6.45) is -4.28. The summed E-state index contributed by atoms with van der Waals surface area (Å²) in [5, 5.41) is 20.5. The summed E-state index contributed by atoms with van der Waals surface area (Å²) in [7, 11) is 0. The zero-order valence-electron chi connectivity index (χ0n) is 10.6. The number of hydrogen-bond acceptors (Lipinski definition) is 4. The van der Waals surface area contributed by atoms with E-state index in [0.29, 0.717) is 6.42 Å². The van der Waals surface area contributed by atoms with Gasteiger partial charge in [-0.3, -0.25) is 10.1 Å². The van der Waals surface area contributed by atoms with E-state index >= 15 is 0 Å². The predicted octanol–water partition coefficient (Wildman–Crippen LogP) is 2.57. The molecular formula is C12H13F3N2O3. The fraction of sp³-hybridized carbons (Fsp3) is 0.500. The van der Waals surface area contributed by atoms with Gasteiger partial charge in [-0.2, -0.15) is 13.2 Å². The van der Waals surface area contributed by atoms with Crippen molar-refractivity contribution in [2.45, 2.75) is 25.1 Å². The average molecular weight is 290 g/mol. The Hall–Kier alpha value is -1.83. The van der Waals surface area contributed by atoms with Crippen molar-refractivity contribution in [2.75, 3.05) is 18.0 Å². The molecule has 20 heavy (non-hydrogen) atoms. The minimum Gasteiger partial charge on any atom is -0.386 e. The number of halogens is 3. The Bertz CT molecular complexity index is 539. The molecule has 0 spiro atoms. The normalized spacial score (nSPS) is 17.8. The van der Waals surface area contributed by atoms with Crippen molar-refractivity contribution in [1.82, 2.24) is 0 Å². The van der Waals surface area contributed by atoms with Crippen molar-refractivity contribution in [1.29, 1.82) is 0 Å². The van der Waals surface area contributed by atoms with Crippen LogP contribution >= 0.6 is 0 Å². The highest BCUT2D eigenvalue weighted by Gasteiger charge is 2.42. The Morgan fingerprint density at radius 2 is 2.05 bits per heavy atom. The monoisotopic (exact) mass is 290 g/mol. The van der Waals surface area contributed by atoms with Crippen LogP contribution in [0.4, 0.5) is 24.5 Å². The lowest BCUT2D eigenvalue weighted by molar-refractivity contribution is -0.388. The Morgan fingerprint density at radius 3 is 2.50 bits per heavy atom. The maximum atomic E-state index is 12.8. The van der Waals surface area contributed by atoms with Gasteiger partial charge < -0.3 is 10.0 Å². The maximum Gasteiger partial charge on any atom is 0.423 e. The van der Waals surface area contributed by atoms with E-state index < -0.39 is 28.0 Å². The fourth-order valence-electron chi connectivity index (χ4n) is 2.18. The molecule has 0 atom stereocenters. The van der Waals surface area contributed by atoms with Gasteiger partial charge in [-0.25, -0.2) is 0 Å². The first-order valence-corrected chi connectivity index (χ1v) is 5.99. The van der Waals surface area contributed by atoms with Gasteiger partial charge in [0, 0.05) is 24.8 Å². The molecule has 0 radical (unpaired) electrons. The first-order valence-electron chi connectivity index (χ1n) is 5.99. The van der Waals surface area contributed by atoms with Gasteiger partial charge in [0.05, 0.1) is 10.5 Å². The number of rotatable bonds is 3. The summed E-state index contributed by atoms with van der Waals surface area (Å²) in [6, 6.07) is 2.87. The minimum atomic E-state index is -4.79. The molecule has 2 rings (SSSR count). The lowest BCUT2D eigenvalue weighted by Gasteiger charge is -2.47. The summed E-state index contributed by atoms with van der Waals surface area (Å²) in [6.45, 7) is 2.23. The number of alkyl halides is 3. The molecule has 1 aliphatic heterocycles. The van der Waals surface area contributed by atoms with Gasteiger partial charge >= 0.3 is 6.18 Å². The molecule has 1 aromatic rings. The van der Waals surface area contributed by atoms with Crippen LogP contribution in [0, 0.1) is 10.1 Å². The van der Waals surface area contributed by atoms with E-state index in [9.17, 15) is 28.4 Å². The van der Waals surface area contributed by atoms with E-state index in [2.05, 4.69) is 0 Å². The zero-order valence-corrected chi connectivity index (χ0v) is 10.6. The molecule has 0 bridgehead atoms. The molecule has 0 unspecified atom stereocenters. The van der Waals surface area contributed by atoms with Gasteiger partial charge in [-0.1, -0.05) is 6.92 Å². The van der Waals surface area contributed by atoms with Gasteiger partial charge in [-0.05, 0) is 18.6 Å². The van der Waals surface area contributed by atoms with E-state index in [4.69, 9.17) is 0 Å². The van der Waals surface area contributed by atoms with Crippen molar-refractivity contribution < 1.29 is 23.2 Å². The second-order valence-corrected chi connectivity index (χ2v) is 4.89.